The molecule has 1 aromatic carbocycles. The van der Waals surface area contributed by atoms with Gasteiger partial charge in [-0.05, 0) is 22.0 Å². The summed E-state index contributed by atoms with van der Waals surface area (Å²) >= 11 is 0. The first-order valence-corrected chi connectivity index (χ1v) is 6.70. The molecule has 0 fully saturated rings. The molecule has 1 N–H and O–H groups in total. The van der Waals surface area contributed by atoms with Gasteiger partial charge in [0.1, 0.15) is 6.54 Å². The number of benzene rings is 1. The molecule has 0 spiro atoms. The Morgan fingerprint density at radius 3 is 2.64 bits per heavy atom. The summed E-state index contributed by atoms with van der Waals surface area (Å²) in [5.74, 6) is -0.848. The monoisotopic (exact) mass is 303 g/mol. The zero-order valence-electron chi connectivity index (χ0n) is 12.6. The molecule has 1 heterocycles. The molecule has 8 heteroatoms. The van der Waals surface area contributed by atoms with Crippen molar-refractivity contribution < 1.29 is 9.72 Å². The van der Waals surface area contributed by atoms with Crippen LogP contribution >= 0.6 is 0 Å². The number of para-hydroxylation sites is 1. The standard InChI is InChI=1S/C14H17N5O3/c1-14(2,3)10-6-4-5-7-11(10)16-12(20)8-18-9-15-13(17-18)19(21)22/h4-7,9H,8H2,1-3H3,(H,16,20). The first-order chi connectivity index (χ1) is 10.3. The molecule has 0 unspecified atom stereocenters. The van der Waals surface area contributed by atoms with Gasteiger partial charge in [0.05, 0.1) is 0 Å². The van der Waals surface area contributed by atoms with Crippen LogP contribution in [-0.4, -0.2) is 25.6 Å². The highest BCUT2D eigenvalue weighted by atomic mass is 16.6. The van der Waals surface area contributed by atoms with Crippen LogP contribution in [0.4, 0.5) is 11.6 Å². The first-order valence-electron chi connectivity index (χ1n) is 6.70. The molecular formula is C14H17N5O3. The van der Waals surface area contributed by atoms with Gasteiger partial charge in [-0.1, -0.05) is 44.0 Å². The zero-order chi connectivity index (χ0) is 16.3. The number of carbonyl (C=O) groups is 1. The van der Waals surface area contributed by atoms with Gasteiger partial charge in [-0.3, -0.25) is 4.79 Å². The summed E-state index contributed by atoms with van der Waals surface area (Å²) in [5.41, 5.74) is 1.61. The molecule has 1 amide bonds. The van der Waals surface area contributed by atoms with Crippen LogP contribution in [0.15, 0.2) is 30.6 Å². The first kappa shape index (κ1) is 15.6. The zero-order valence-corrected chi connectivity index (χ0v) is 12.6. The molecule has 0 saturated heterocycles. The number of aromatic nitrogens is 3. The lowest BCUT2D eigenvalue weighted by atomic mass is 9.86. The number of amides is 1. The van der Waals surface area contributed by atoms with Crippen molar-refractivity contribution in [2.24, 2.45) is 0 Å². The molecule has 116 valence electrons. The van der Waals surface area contributed by atoms with Crippen molar-refractivity contribution in [2.75, 3.05) is 5.32 Å². The van der Waals surface area contributed by atoms with E-state index < -0.39 is 10.9 Å². The lowest BCUT2D eigenvalue weighted by Crippen LogP contribution is -2.22. The number of anilines is 1. The molecule has 8 nitrogen and oxygen atoms in total. The minimum absolute atomic E-state index is 0.115. The van der Waals surface area contributed by atoms with Gasteiger partial charge >= 0.3 is 5.95 Å². The molecular weight excluding hydrogens is 286 g/mol. The number of rotatable bonds is 4. The van der Waals surface area contributed by atoms with Crippen LogP contribution in [0.1, 0.15) is 26.3 Å². The summed E-state index contributed by atoms with van der Waals surface area (Å²) in [6, 6.07) is 7.53. The summed E-state index contributed by atoms with van der Waals surface area (Å²) in [6.45, 7) is 6.02. The van der Waals surface area contributed by atoms with Crippen LogP contribution in [0.3, 0.4) is 0 Å². The van der Waals surface area contributed by atoms with Crippen molar-refractivity contribution in [1.82, 2.24) is 14.8 Å². The van der Waals surface area contributed by atoms with Gasteiger partial charge in [-0.25, -0.2) is 0 Å². The molecule has 0 aliphatic rings. The predicted octanol–water partition coefficient (Wildman–Crippen LogP) is 2.12. The largest absolute Gasteiger partial charge is 0.490 e. The van der Waals surface area contributed by atoms with Gasteiger partial charge in [0.2, 0.25) is 12.2 Å². The second-order valence-corrected chi connectivity index (χ2v) is 5.84. The minimum Gasteiger partial charge on any atom is -0.390 e. The van der Waals surface area contributed by atoms with E-state index in [1.165, 1.54) is 0 Å². The highest BCUT2D eigenvalue weighted by Gasteiger charge is 2.20. The van der Waals surface area contributed by atoms with Crippen LogP contribution in [0.2, 0.25) is 0 Å². The van der Waals surface area contributed by atoms with E-state index in [4.69, 9.17) is 0 Å². The fourth-order valence-corrected chi connectivity index (χ4v) is 2.03. The van der Waals surface area contributed by atoms with Gasteiger partial charge < -0.3 is 15.4 Å². The normalized spacial score (nSPS) is 11.2. The molecule has 0 atom stereocenters. The maximum Gasteiger partial charge on any atom is 0.490 e. The van der Waals surface area contributed by atoms with E-state index in [-0.39, 0.29) is 17.9 Å². The molecule has 2 rings (SSSR count). The van der Waals surface area contributed by atoms with Crippen molar-refractivity contribution in [3.05, 3.63) is 46.3 Å². The van der Waals surface area contributed by atoms with Crippen molar-refractivity contribution in [2.45, 2.75) is 32.7 Å². The molecule has 2 aromatic rings. The molecule has 0 aliphatic carbocycles. The maximum atomic E-state index is 12.1. The topological polar surface area (TPSA) is 103 Å². The lowest BCUT2D eigenvalue weighted by Gasteiger charge is -2.22. The van der Waals surface area contributed by atoms with E-state index in [1.54, 1.807) is 0 Å². The molecule has 22 heavy (non-hydrogen) atoms. The Hall–Kier alpha value is -2.77. The fraction of sp³-hybridized carbons (Fsp3) is 0.357. The molecule has 0 bridgehead atoms. The third kappa shape index (κ3) is 3.66. The number of nitro groups is 1. The number of carbonyl (C=O) groups excluding carboxylic acids is 1. The van der Waals surface area contributed by atoms with E-state index in [1.807, 2.05) is 24.3 Å². The maximum absolute atomic E-state index is 12.1. The Kier molecular flexibility index (Phi) is 4.20. The minimum atomic E-state index is -0.705. The number of nitrogens with zero attached hydrogens (tertiary/aromatic N) is 4. The summed E-state index contributed by atoms with van der Waals surface area (Å²) in [4.78, 5) is 25.4. The van der Waals surface area contributed by atoms with Gasteiger partial charge in [0, 0.05) is 10.8 Å². The van der Waals surface area contributed by atoms with E-state index in [2.05, 4.69) is 36.2 Å². The fourth-order valence-electron chi connectivity index (χ4n) is 2.03. The average Bonchev–Trinajstić information content (AvgIpc) is 2.86. The van der Waals surface area contributed by atoms with E-state index in [9.17, 15) is 14.9 Å². The van der Waals surface area contributed by atoms with Gasteiger partial charge in [0.25, 0.3) is 0 Å². The van der Waals surface area contributed by atoms with Crippen molar-refractivity contribution in [3.63, 3.8) is 0 Å². The van der Waals surface area contributed by atoms with Crippen LogP contribution in [0, 0.1) is 10.1 Å². The molecule has 1 aromatic heterocycles. The summed E-state index contributed by atoms with van der Waals surface area (Å²) in [7, 11) is 0. The van der Waals surface area contributed by atoms with Crippen LogP contribution in [-0.2, 0) is 16.8 Å². The highest BCUT2D eigenvalue weighted by molar-refractivity contribution is 5.91. The van der Waals surface area contributed by atoms with E-state index >= 15 is 0 Å². The SMILES string of the molecule is CC(C)(C)c1ccccc1NC(=O)Cn1cnc([N+](=O)[O-])n1. The highest BCUT2D eigenvalue weighted by Crippen LogP contribution is 2.29. The Labute approximate surface area is 127 Å². The smallest absolute Gasteiger partial charge is 0.390 e. The summed E-state index contributed by atoms with van der Waals surface area (Å²) in [6.07, 6.45) is 1.16. The summed E-state index contributed by atoms with van der Waals surface area (Å²) in [5, 5.41) is 16.9. The van der Waals surface area contributed by atoms with Gasteiger partial charge in [-0.2, -0.15) is 4.68 Å². The second-order valence-electron chi connectivity index (χ2n) is 5.84. The second kappa shape index (κ2) is 5.92. The van der Waals surface area contributed by atoms with Gasteiger partial charge in [0.15, 0.2) is 0 Å². The van der Waals surface area contributed by atoms with E-state index in [0.29, 0.717) is 0 Å². The molecule has 0 radical (unpaired) electrons. The van der Waals surface area contributed by atoms with Crippen LogP contribution < -0.4 is 5.32 Å². The summed E-state index contributed by atoms with van der Waals surface area (Å²) < 4.78 is 1.13. The Morgan fingerprint density at radius 1 is 1.36 bits per heavy atom. The number of hydrogen-bond acceptors (Lipinski definition) is 5. The van der Waals surface area contributed by atoms with Crippen molar-refractivity contribution >= 4 is 17.5 Å². The third-order valence-corrected chi connectivity index (χ3v) is 3.00. The third-order valence-electron chi connectivity index (χ3n) is 3.00. The molecule has 0 saturated carbocycles. The van der Waals surface area contributed by atoms with Crippen LogP contribution in [0.25, 0.3) is 0 Å². The Bertz CT molecular complexity index is 702. The lowest BCUT2D eigenvalue weighted by molar-refractivity contribution is -0.394. The van der Waals surface area contributed by atoms with Crippen LogP contribution in [0.5, 0.6) is 0 Å². The number of hydrogen-bond donors (Lipinski definition) is 1. The quantitative estimate of drug-likeness (QED) is 0.688. The Balaban J connectivity index is 2.11. The predicted molar refractivity (Wildman–Crippen MR) is 80.4 cm³/mol. The molecule has 0 aliphatic heterocycles. The van der Waals surface area contributed by atoms with Crippen molar-refractivity contribution in [3.8, 4) is 0 Å². The van der Waals surface area contributed by atoms with E-state index in [0.717, 1.165) is 22.3 Å². The number of nitrogens with one attached hydrogen (secondary N) is 1. The Morgan fingerprint density at radius 2 is 2.05 bits per heavy atom. The van der Waals surface area contributed by atoms with Crippen molar-refractivity contribution in [1.29, 1.82) is 0 Å². The van der Waals surface area contributed by atoms with Gasteiger partial charge in [-0.15, -0.1) is 0 Å². The average molecular weight is 303 g/mol.